The number of ether oxygens (including phenoxy) is 2. The second kappa shape index (κ2) is 13.4. The number of carbonyl (C=O) groups is 2. The fraction of sp³-hybridized carbons (Fsp3) is 0.235. The van der Waals surface area contributed by atoms with Gasteiger partial charge in [-0.25, -0.2) is 9.59 Å². The van der Waals surface area contributed by atoms with Gasteiger partial charge in [0, 0.05) is 15.6 Å². The van der Waals surface area contributed by atoms with E-state index >= 15 is 0 Å². The van der Waals surface area contributed by atoms with Crippen LogP contribution in [0.5, 0.6) is 5.75 Å². The Morgan fingerprint density at radius 3 is 2.36 bits per heavy atom. The lowest BCUT2D eigenvalue weighted by atomic mass is 9.91. The highest BCUT2D eigenvalue weighted by Crippen LogP contribution is 2.41. The number of amides is 1. The van der Waals surface area contributed by atoms with Crippen LogP contribution in [0, 0.1) is 6.92 Å². The van der Waals surface area contributed by atoms with Crippen molar-refractivity contribution in [3.05, 3.63) is 111 Å². The maximum absolute atomic E-state index is 13.9. The summed E-state index contributed by atoms with van der Waals surface area (Å²) in [7, 11) is 1.45. The van der Waals surface area contributed by atoms with Gasteiger partial charge in [-0.2, -0.15) is 13.2 Å². The lowest BCUT2D eigenvalue weighted by Crippen LogP contribution is -2.34. The smallest absolute Gasteiger partial charge is 0.416 e. The van der Waals surface area contributed by atoms with E-state index in [0.717, 1.165) is 17.7 Å². The van der Waals surface area contributed by atoms with Crippen molar-refractivity contribution in [3.63, 3.8) is 0 Å². The number of benzene rings is 3. The van der Waals surface area contributed by atoms with Crippen molar-refractivity contribution in [2.75, 3.05) is 7.11 Å². The molecule has 1 N–H and O–H groups in total. The molecule has 1 aliphatic heterocycles. The van der Waals surface area contributed by atoms with E-state index in [1.165, 1.54) is 36.3 Å². The van der Waals surface area contributed by atoms with Crippen LogP contribution in [0.4, 0.5) is 18.0 Å². The molecule has 0 saturated carbocycles. The summed E-state index contributed by atoms with van der Waals surface area (Å²) in [6.07, 6.45) is -3.14. The van der Waals surface area contributed by atoms with Gasteiger partial charge < -0.3 is 14.6 Å². The van der Waals surface area contributed by atoms with Crippen molar-refractivity contribution in [3.8, 4) is 28.0 Å². The van der Waals surface area contributed by atoms with Gasteiger partial charge in [-0.3, -0.25) is 4.90 Å². The molecule has 1 saturated heterocycles. The molecule has 0 unspecified atom stereocenters. The number of cyclic esters (lactones) is 1. The highest BCUT2D eigenvalue weighted by molar-refractivity contribution is 6.34. The summed E-state index contributed by atoms with van der Waals surface area (Å²) in [4.78, 5) is 25.8. The molecular formula is C34H30Cl2F3NO5. The fourth-order valence-electron chi connectivity index (χ4n) is 5.24. The molecule has 0 aromatic heterocycles. The molecule has 2 atom stereocenters. The number of carbonyl (C=O) groups excluding carboxylic acids is 1. The Morgan fingerprint density at radius 1 is 1.07 bits per heavy atom. The summed E-state index contributed by atoms with van der Waals surface area (Å²) in [6, 6.07) is 12.7. The van der Waals surface area contributed by atoms with Gasteiger partial charge in [0.15, 0.2) is 0 Å². The van der Waals surface area contributed by atoms with Gasteiger partial charge in [-0.15, -0.1) is 0 Å². The van der Waals surface area contributed by atoms with Crippen molar-refractivity contribution in [1.82, 2.24) is 4.90 Å². The van der Waals surface area contributed by atoms with E-state index in [-0.39, 0.29) is 22.7 Å². The summed E-state index contributed by atoms with van der Waals surface area (Å²) in [6.45, 7) is 8.89. The summed E-state index contributed by atoms with van der Waals surface area (Å²) in [5, 5.41) is 10.1. The molecule has 11 heteroatoms. The van der Waals surface area contributed by atoms with Gasteiger partial charge in [0.25, 0.3) is 0 Å². The lowest BCUT2D eigenvalue weighted by molar-refractivity contribution is -0.137. The third-order valence-electron chi connectivity index (χ3n) is 7.46. The van der Waals surface area contributed by atoms with Crippen LogP contribution in [0.25, 0.3) is 22.3 Å². The van der Waals surface area contributed by atoms with E-state index in [9.17, 15) is 27.9 Å². The third kappa shape index (κ3) is 7.54. The first-order chi connectivity index (χ1) is 21.1. The number of rotatable bonds is 9. The number of methoxy groups -OCH3 is 1. The largest absolute Gasteiger partial charge is 0.496 e. The minimum Gasteiger partial charge on any atom is -0.496 e. The van der Waals surface area contributed by atoms with Crippen LogP contribution in [0.3, 0.4) is 0 Å². The first-order valence-corrected chi connectivity index (χ1v) is 14.5. The zero-order valence-corrected chi connectivity index (χ0v) is 26.3. The van der Waals surface area contributed by atoms with E-state index in [2.05, 4.69) is 6.58 Å². The van der Waals surface area contributed by atoms with Crippen molar-refractivity contribution in [2.24, 2.45) is 0 Å². The van der Waals surface area contributed by atoms with E-state index in [4.69, 9.17) is 32.7 Å². The number of carboxylic acid groups (broad SMARTS) is 1. The number of alkyl halides is 3. The molecule has 0 radical (unpaired) electrons. The van der Waals surface area contributed by atoms with Crippen LogP contribution in [0.2, 0.25) is 0 Å². The number of halogens is 5. The molecule has 236 valence electrons. The standard InChI is InChI=1S/C34H30Cl2F3NO5/c1-18-12-23(32(41)42)6-9-27(18)22-7-11-30(44-5)29(16-22)28-10-8-25(34(37,38)39)15-24(28)17-40-21(4)31(45-33(40)43)19(2)13-26(36)14-20(3)35/h6-16,21,31H,2,17H2,1,3-5H3,(H,41,42)/b20-14+,26-13+/t21-,31+/m0/s1. The first kappa shape index (κ1) is 33.7. The minimum atomic E-state index is -4.63. The van der Waals surface area contributed by atoms with E-state index in [1.54, 1.807) is 51.1 Å². The number of hydrogen-bond acceptors (Lipinski definition) is 4. The molecule has 4 rings (SSSR count). The molecule has 3 aromatic rings. The highest BCUT2D eigenvalue weighted by atomic mass is 35.5. The van der Waals surface area contributed by atoms with Crippen LogP contribution >= 0.6 is 23.2 Å². The topological polar surface area (TPSA) is 76.1 Å². The average molecular weight is 661 g/mol. The molecule has 1 fully saturated rings. The number of carboxylic acids is 1. The molecule has 3 aromatic carbocycles. The van der Waals surface area contributed by atoms with Crippen molar-refractivity contribution in [2.45, 2.75) is 45.6 Å². The Balaban J connectivity index is 1.79. The lowest BCUT2D eigenvalue weighted by Gasteiger charge is -2.24. The summed E-state index contributed by atoms with van der Waals surface area (Å²) >= 11 is 12.1. The second-order valence-corrected chi connectivity index (χ2v) is 11.7. The van der Waals surface area contributed by atoms with Crippen LogP contribution < -0.4 is 4.74 Å². The van der Waals surface area contributed by atoms with Crippen LogP contribution in [-0.4, -0.2) is 41.3 Å². The molecule has 0 aliphatic carbocycles. The van der Waals surface area contributed by atoms with E-state index in [1.807, 2.05) is 0 Å². The predicted octanol–water partition coefficient (Wildman–Crippen LogP) is 9.59. The SMILES string of the molecule is C=C(/C=C(Cl)\C=C(/C)Cl)[C@H]1OC(=O)N(Cc2cc(C(F)(F)F)ccc2-c2cc(-c3ccc(C(=O)O)cc3C)ccc2OC)[C@H]1C. The Morgan fingerprint density at radius 2 is 1.76 bits per heavy atom. The number of allylic oxidation sites excluding steroid dienone is 3. The van der Waals surface area contributed by atoms with Crippen molar-refractivity contribution < 1.29 is 37.3 Å². The summed E-state index contributed by atoms with van der Waals surface area (Å²) in [5.74, 6) is -0.665. The van der Waals surface area contributed by atoms with Crippen LogP contribution in [0.1, 0.15) is 40.9 Å². The van der Waals surface area contributed by atoms with Crippen LogP contribution in [-0.2, 0) is 17.5 Å². The molecule has 1 amide bonds. The number of hydrogen-bond donors (Lipinski definition) is 1. The normalized spacial score (nSPS) is 17.4. The first-order valence-electron chi connectivity index (χ1n) is 13.7. The number of nitrogens with zero attached hydrogens (tertiary/aromatic N) is 1. The maximum atomic E-state index is 13.9. The molecule has 45 heavy (non-hydrogen) atoms. The fourth-order valence-corrected chi connectivity index (χ4v) is 5.72. The summed E-state index contributed by atoms with van der Waals surface area (Å²) < 4.78 is 52.9. The summed E-state index contributed by atoms with van der Waals surface area (Å²) in [5.41, 5.74) is 2.88. The van der Waals surface area contributed by atoms with Crippen molar-refractivity contribution in [1.29, 1.82) is 0 Å². The molecule has 0 bridgehead atoms. The molecule has 1 aliphatic rings. The Bertz CT molecular complexity index is 1730. The monoisotopic (exact) mass is 659 g/mol. The zero-order chi connectivity index (χ0) is 33.2. The van der Waals surface area contributed by atoms with Gasteiger partial charge in [-0.1, -0.05) is 48.0 Å². The number of aromatic carboxylic acids is 1. The van der Waals surface area contributed by atoms with Gasteiger partial charge >= 0.3 is 18.2 Å². The molecule has 1 heterocycles. The second-order valence-electron chi connectivity index (χ2n) is 10.6. The third-order valence-corrected chi connectivity index (χ3v) is 7.79. The Hall–Kier alpha value is -4.21. The minimum absolute atomic E-state index is 0.131. The Labute approximate surface area is 269 Å². The van der Waals surface area contributed by atoms with Gasteiger partial charge in [0.1, 0.15) is 11.9 Å². The molecule has 6 nitrogen and oxygen atoms in total. The molecule has 0 spiro atoms. The average Bonchev–Trinajstić information content (AvgIpc) is 3.24. The van der Waals surface area contributed by atoms with Crippen molar-refractivity contribution >= 4 is 35.3 Å². The molecular weight excluding hydrogens is 630 g/mol. The van der Waals surface area contributed by atoms with E-state index < -0.39 is 35.9 Å². The maximum Gasteiger partial charge on any atom is 0.416 e. The van der Waals surface area contributed by atoms with Gasteiger partial charge in [-0.05, 0) is 103 Å². The Kier molecular flexibility index (Phi) is 10.0. The zero-order valence-electron chi connectivity index (χ0n) is 24.8. The van der Waals surface area contributed by atoms with Crippen LogP contribution in [0.15, 0.2) is 89.0 Å². The highest BCUT2D eigenvalue weighted by Gasteiger charge is 2.40. The van der Waals surface area contributed by atoms with E-state index in [0.29, 0.717) is 38.6 Å². The predicted molar refractivity (Wildman–Crippen MR) is 169 cm³/mol. The van der Waals surface area contributed by atoms with Gasteiger partial charge in [0.05, 0.1) is 30.8 Å². The quantitative estimate of drug-likeness (QED) is 0.232. The van der Waals surface area contributed by atoms with Gasteiger partial charge in [0.2, 0.25) is 0 Å². The number of aryl methyl sites for hydroxylation is 1.